The van der Waals surface area contributed by atoms with E-state index in [0.717, 1.165) is 35.7 Å². The Morgan fingerprint density at radius 1 is 1.00 bits per heavy atom. The second-order valence-electron chi connectivity index (χ2n) is 7.82. The standard InChI is InChI=1S/C23H28N4O3/c1-16(28)17-6-8-19(9-7-17)26-10-12-27(13-11-26)23(29)22-15-21(24-25-22)18-4-3-5-20(14-18)30-2/h3-9,14,21-22,24-25H,10-13,15H2,1-2H3. The first-order valence-electron chi connectivity index (χ1n) is 10.3. The molecule has 2 aliphatic rings. The van der Waals surface area contributed by atoms with Crippen molar-refractivity contribution >= 4 is 17.4 Å². The van der Waals surface area contributed by atoms with E-state index in [4.69, 9.17) is 4.74 Å². The molecule has 2 saturated heterocycles. The number of carbonyl (C=O) groups excluding carboxylic acids is 2. The lowest BCUT2D eigenvalue weighted by atomic mass is 10.0. The maximum absolute atomic E-state index is 13.0. The van der Waals surface area contributed by atoms with Crippen LogP contribution in [0.1, 0.15) is 35.3 Å². The van der Waals surface area contributed by atoms with Gasteiger partial charge in [0.15, 0.2) is 5.78 Å². The Bertz CT molecular complexity index is 907. The van der Waals surface area contributed by atoms with Crippen LogP contribution in [0.2, 0.25) is 0 Å². The second kappa shape index (κ2) is 8.85. The van der Waals surface area contributed by atoms with Gasteiger partial charge in [0.2, 0.25) is 5.91 Å². The van der Waals surface area contributed by atoms with Crippen molar-refractivity contribution in [1.29, 1.82) is 0 Å². The van der Waals surface area contributed by atoms with Crippen LogP contribution in [-0.4, -0.2) is 55.9 Å². The van der Waals surface area contributed by atoms with Crippen LogP contribution in [0.15, 0.2) is 48.5 Å². The van der Waals surface area contributed by atoms with Crippen molar-refractivity contribution in [2.45, 2.75) is 25.4 Å². The van der Waals surface area contributed by atoms with Crippen molar-refractivity contribution in [3.8, 4) is 5.75 Å². The van der Waals surface area contributed by atoms with Gasteiger partial charge in [0.25, 0.3) is 0 Å². The number of hydrogen-bond donors (Lipinski definition) is 2. The third kappa shape index (κ3) is 4.32. The van der Waals surface area contributed by atoms with Gasteiger partial charge in [-0.2, -0.15) is 0 Å². The van der Waals surface area contributed by atoms with E-state index in [-0.39, 0.29) is 23.8 Å². The first-order chi connectivity index (χ1) is 14.5. The number of benzene rings is 2. The van der Waals surface area contributed by atoms with Crippen molar-refractivity contribution in [2.75, 3.05) is 38.2 Å². The summed E-state index contributed by atoms with van der Waals surface area (Å²) in [5.41, 5.74) is 9.34. The fourth-order valence-corrected chi connectivity index (χ4v) is 4.11. The number of ether oxygens (including phenoxy) is 1. The summed E-state index contributed by atoms with van der Waals surface area (Å²) in [4.78, 5) is 28.6. The van der Waals surface area contributed by atoms with E-state index >= 15 is 0 Å². The number of nitrogens with one attached hydrogen (secondary N) is 2. The molecule has 2 aromatic carbocycles. The van der Waals surface area contributed by atoms with Crippen LogP contribution < -0.4 is 20.5 Å². The lowest BCUT2D eigenvalue weighted by Gasteiger charge is -2.37. The number of nitrogens with zero attached hydrogens (tertiary/aromatic N) is 2. The molecule has 0 radical (unpaired) electrons. The van der Waals surface area contributed by atoms with Gasteiger partial charge in [-0.3, -0.25) is 9.59 Å². The van der Waals surface area contributed by atoms with Crippen LogP contribution in [0.25, 0.3) is 0 Å². The number of anilines is 1. The lowest BCUT2D eigenvalue weighted by molar-refractivity contribution is -0.133. The topological polar surface area (TPSA) is 73.9 Å². The summed E-state index contributed by atoms with van der Waals surface area (Å²) in [6, 6.07) is 15.5. The van der Waals surface area contributed by atoms with Crippen LogP contribution in [-0.2, 0) is 4.79 Å². The number of Topliss-reactive ketones (excluding diaryl/α,β-unsaturated/α-hetero) is 1. The molecule has 0 aromatic heterocycles. The number of piperazine rings is 1. The Labute approximate surface area is 177 Å². The van der Waals surface area contributed by atoms with Gasteiger partial charge in [-0.25, -0.2) is 10.9 Å². The van der Waals surface area contributed by atoms with Crippen molar-refractivity contribution < 1.29 is 14.3 Å². The van der Waals surface area contributed by atoms with Gasteiger partial charge < -0.3 is 14.5 Å². The van der Waals surface area contributed by atoms with Gasteiger partial charge in [0.1, 0.15) is 11.8 Å². The predicted molar refractivity (Wildman–Crippen MR) is 116 cm³/mol. The number of hydrazine groups is 1. The minimum Gasteiger partial charge on any atom is -0.497 e. The van der Waals surface area contributed by atoms with Crippen LogP contribution >= 0.6 is 0 Å². The molecule has 158 valence electrons. The molecule has 2 unspecified atom stereocenters. The summed E-state index contributed by atoms with van der Waals surface area (Å²) in [5, 5.41) is 0. The van der Waals surface area contributed by atoms with E-state index in [9.17, 15) is 9.59 Å². The second-order valence-corrected chi connectivity index (χ2v) is 7.82. The normalized spacial score (nSPS) is 21.5. The van der Waals surface area contributed by atoms with E-state index in [1.54, 1.807) is 14.0 Å². The Morgan fingerprint density at radius 2 is 1.73 bits per heavy atom. The maximum atomic E-state index is 13.0. The number of carbonyl (C=O) groups is 2. The number of hydrogen-bond acceptors (Lipinski definition) is 6. The molecule has 4 rings (SSSR count). The minimum atomic E-state index is -0.234. The highest BCUT2D eigenvalue weighted by atomic mass is 16.5. The molecule has 1 amide bonds. The van der Waals surface area contributed by atoms with Crippen LogP contribution in [0, 0.1) is 0 Å². The molecule has 0 spiro atoms. The third-order valence-corrected chi connectivity index (χ3v) is 5.93. The Balaban J connectivity index is 1.31. The molecule has 2 aliphatic heterocycles. The van der Waals surface area contributed by atoms with E-state index in [1.165, 1.54) is 0 Å². The molecule has 2 aromatic rings. The molecule has 2 heterocycles. The van der Waals surface area contributed by atoms with E-state index in [1.807, 2.05) is 53.4 Å². The summed E-state index contributed by atoms with van der Waals surface area (Å²) in [7, 11) is 1.66. The Hall–Kier alpha value is -2.90. The summed E-state index contributed by atoms with van der Waals surface area (Å²) < 4.78 is 5.30. The molecular formula is C23H28N4O3. The van der Waals surface area contributed by atoms with Crippen LogP contribution in [0.4, 0.5) is 5.69 Å². The van der Waals surface area contributed by atoms with E-state index < -0.39 is 0 Å². The Morgan fingerprint density at radius 3 is 2.40 bits per heavy atom. The predicted octanol–water partition coefficient (Wildman–Crippen LogP) is 2.15. The summed E-state index contributed by atoms with van der Waals surface area (Å²) in [6.07, 6.45) is 0.707. The Kier molecular flexibility index (Phi) is 6.01. The van der Waals surface area contributed by atoms with Crippen LogP contribution in [0.3, 0.4) is 0 Å². The molecule has 2 N–H and O–H groups in total. The lowest BCUT2D eigenvalue weighted by Crippen LogP contribution is -2.53. The highest BCUT2D eigenvalue weighted by Crippen LogP contribution is 2.26. The van der Waals surface area contributed by atoms with Crippen molar-refractivity contribution in [1.82, 2.24) is 15.8 Å². The molecule has 30 heavy (non-hydrogen) atoms. The molecule has 7 nitrogen and oxygen atoms in total. The molecular weight excluding hydrogens is 380 g/mol. The highest BCUT2D eigenvalue weighted by molar-refractivity contribution is 5.94. The minimum absolute atomic E-state index is 0.0712. The largest absolute Gasteiger partial charge is 0.497 e. The number of amides is 1. The van der Waals surface area contributed by atoms with Gasteiger partial charge in [-0.05, 0) is 55.3 Å². The van der Waals surface area contributed by atoms with E-state index in [0.29, 0.717) is 19.5 Å². The molecule has 2 atom stereocenters. The van der Waals surface area contributed by atoms with Gasteiger partial charge in [-0.1, -0.05) is 12.1 Å². The molecule has 0 bridgehead atoms. The van der Waals surface area contributed by atoms with Crippen molar-refractivity contribution in [3.05, 3.63) is 59.7 Å². The molecule has 2 fully saturated rings. The molecule has 0 saturated carbocycles. The SMILES string of the molecule is COc1cccc(C2CC(C(=O)N3CCN(c4ccc(C(C)=O)cc4)CC3)NN2)c1. The number of methoxy groups -OCH3 is 1. The van der Waals surface area contributed by atoms with Gasteiger partial charge in [0.05, 0.1) is 7.11 Å². The van der Waals surface area contributed by atoms with Gasteiger partial charge >= 0.3 is 0 Å². The third-order valence-electron chi connectivity index (χ3n) is 5.93. The zero-order valence-corrected chi connectivity index (χ0v) is 17.4. The average Bonchev–Trinajstić information content (AvgIpc) is 3.29. The monoisotopic (exact) mass is 408 g/mol. The molecule has 0 aliphatic carbocycles. The summed E-state index contributed by atoms with van der Waals surface area (Å²) in [6.45, 7) is 4.52. The van der Waals surface area contributed by atoms with Gasteiger partial charge in [0, 0.05) is 43.5 Å². The smallest absolute Gasteiger partial charge is 0.241 e. The fraction of sp³-hybridized carbons (Fsp3) is 0.391. The number of rotatable bonds is 5. The maximum Gasteiger partial charge on any atom is 0.241 e. The highest BCUT2D eigenvalue weighted by Gasteiger charge is 2.34. The zero-order chi connectivity index (χ0) is 21.1. The van der Waals surface area contributed by atoms with Crippen LogP contribution in [0.5, 0.6) is 5.75 Å². The fourth-order valence-electron chi connectivity index (χ4n) is 4.11. The first-order valence-corrected chi connectivity index (χ1v) is 10.3. The van der Waals surface area contributed by atoms with Crippen molar-refractivity contribution in [2.24, 2.45) is 0 Å². The number of ketones is 1. The zero-order valence-electron chi connectivity index (χ0n) is 17.4. The first kappa shape index (κ1) is 20.4. The van der Waals surface area contributed by atoms with E-state index in [2.05, 4.69) is 15.8 Å². The quantitative estimate of drug-likeness (QED) is 0.739. The molecule has 7 heteroatoms. The summed E-state index contributed by atoms with van der Waals surface area (Å²) >= 11 is 0. The van der Waals surface area contributed by atoms with Crippen molar-refractivity contribution in [3.63, 3.8) is 0 Å². The van der Waals surface area contributed by atoms with Gasteiger partial charge in [-0.15, -0.1) is 0 Å². The average molecular weight is 409 g/mol. The summed E-state index contributed by atoms with van der Waals surface area (Å²) in [5.74, 6) is 1.03.